The zero-order chi connectivity index (χ0) is 8.10. The zero-order valence-corrected chi connectivity index (χ0v) is 8.10. The van der Waals surface area contributed by atoms with Gasteiger partial charge in [-0.2, -0.15) is 0 Å². The molecule has 2 aliphatic carbocycles. The quantitative estimate of drug-likeness (QED) is 0.535. The molecule has 0 heterocycles. The van der Waals surface area contributed by atoms with Crippen molar-refractivity contribution in [3.63, 3.8) is 0 Å². The lowest BCUT2D eigenvalue weighted by atomic mass is 10.0. The van der Waals surface area contributed by atoms with Gasteiger partial charge in [0, 0.05) is 0 Å². The molecule has 0 aromatic carbocycles. The molecule has 0 atom stereocenters. The normalized spacial score (nSPS) is 33.3. The minimum atomic E-state index is 1.17. The molecule has 0 heteroatoms. The fraction of sp³-hybridized carbons (Fsp3) is 1.00. The number of fused-ring (bicyclic) bond motifs is 2. The van der Waals surface area contributed by atoms with E-state index in [1.807, 2.05) is 0 Å². The second-order valence-corrected chi connectivity index (χ2v) is 4.12. The van der Waals surface area contributed by atoms with E-state index in [1.165, 1.54) is 24.7 Å². The molecule has 0 saturated heterocycles. The number of rotatable bonds is 1. The van der Waals surface area contributed by atoms with Gasteiger partial charge in [-0.05, 0) is 18.3 Å². The van der Waals surface area contributed by atoms with Crippen molar-refractivity contribution in [1.29, 1.82) is 0 Å². The number of hydrogen-bond donors (Lipinski definition) is 0. The number of hydrogen-bond acceptors (Lipinski definition) is 0. The van der Waals surface area contributed by atoms with E-state index in [2.05, 4.69) is 13.8 Å². The summed E-state index contributed by atoms with van der Waals surface area (Å²) in [6.45, 7) is 4.36. The Kier molecular flexibility index (Phi) is 3.96. The van der Waals surface area contributed by atoms with Gasteiger partial charge in [0.2, 0.25) is 0 Å². The predicted molar refractivity (Wildman–Crippen MR) is 50.6 cm³/mol. The van der Waals surface area contributed by atoms with Crippen molar-refractivity contribution < 1.29 is 0 Å². The SMILES string of the molecule is C1CC2CCC1C2.CCCC. The first kappa shape index (κ1) is 9.09. The Hall–Kier alpha value is 0. The van der Waals surface area contributed by atoms with Crippen molar-refractivity contribution in [3.8, 4) is 0 Å². The van der Waals surface area contributed by atoms with Crippen molar-refractivity contribution in [2.24, 2.45) is 11.8 Å². The molecule has 2 bridgehead atoms. The van der Waals surface area contributed by atoms with Gasteiger partial charge in [0.1, 0.15) is 0 Å². The highest BCUT2D eigenvalue weighted by Crippen LogP contribution is 2.43. The van der Waals surface area contributed by atoms with Gasteiger partial charge < -0.3 is 0 Å². The summed E-state index contributed by atoms with van der Waals surface area (Å²) in [7, 11) is 0. The second-order valence-electron chi connectivity index (χ2n) is 4.12. The van der Waals surface area contributed by atoms with E-state index < -0.39 is 0 Å². The molecule has 0 N–H and O–H groups in total. The van der Waals surface area contributed by atoms with Crippen LogP contribution in [0.1, 0.15) is 58.8 Å². The van der Waals surface area contributed by atoms with E-state index in [4.69, 9.17) is 0 Å². The summed E-state index contributed by atoms with van der Waals surface area (Å²) in [5, 5.41) is 0. The molecular formula is C11H22. The highest BCUT2D eigenvalue weighted by atomic mass is 14.4. The van der Waals surface area contributed by atoms with Gasteiger partial charge in [-0.15, -0.1) is 0 Å². The topological polar surface area (TPSA) is 0 Å². The first-order chi connectivity index (χ1) is 5.36. The van der Waals surface area contributed by atoms with Crippen LogP contribution in [-0.4, -0.2) is 0 Å². The van der Waals surface area contributed by atoms with Crippen molar-refractivity contribution >= 4 is 0 Å². The Bertz CT molecular complexity index is 76.2. The van der Waals surface area contributed by atoms with Gasteiger partial charge in [-0.1, -0.05) is 52.4 Å². The first-order valence-electron chi connectivity index (χ1n) is 5.36. The largest absolute Gasteiger partial charge is 0.0654 e. The van der Waals surface area contributed by atoms with Crippen LogP contribution in [0.5, 0.6) is 0 Å². The van der Waals surface area contributed by atoms with Gasteiger partial charge in [0.05, 0.1) is 0 Å². The van der Waals surface area contributed by atoms with Gasteiger partial charge in [-0.25, -0.2) is 0 Å². The van der Waals surface area contributed by atoms with E-state index in [0.717, 1.165) is 0 Å². The lowest BCUT2D eigenvalue weighted by Gasteiger charge is -2.05. The van der Waals surface area contributed by atoms with Crippen molar-refractivity contribution in [3.05, 3.63) is 0 Å². The van der Waals surface area contributed by atoms with Crippen molar-refractivity contribution in [1.82, 2.24) is 0 Å². The Labute approximate surface area is 71.4 Å². The minimum absolute atomic E-state index is 1.17. The Morgan fingerprint density at radius 2 is 1.18 bits per heavy atom. The van der Waals surface area contributed by atoms with Gasteiger partial charge in [0.25, 0.3) is 0 Å². The molecule has 2 aliphatic rings. The lowest BCUT2D eigenvalue weighted by Crippen LogP contribution is -1.90. The maximum Gasteiger partial charge on any atom is -0.0411 e. The Balaban J connectivity index is 0.000000134. The molecular weight excluding hydrogens is 132 g/mol. The van der Waals surface area contributed by atoms with Crippen molar-refractivity contribution in [2.75, 3.05) is 0 Å². The predicted octanol–water partition coefficient (Wildman–Crippen LogP) is 4.00. The van der Waals surface area contributed by atoms with Crippen LogP contribution in [0.4, 0.5) is 0 Å². The summed E-state index contributed by atoms with van der Waals surface area (Å²) < 4.78 is 0. The first-order valence-corrected chi connectivity index (χ1v) is 5.36. The Morgan fingerprint density at radius 3 is 1.27 bits per heavy atom. The van der Waals surface area contributed by atoms with E-state index >= 15 is 0 Å². The van der Waals surface area contributed by atoms with Crippen LogP contribution in [0, 0.1) is 11.8 Å². The lowest BCUT2D eigenvalue weighted by molar-refractivity contribution is 0.480. The van der Waals surface area contributed by atoms with Crippen LogP contribution >= 0.6 is 0 Å². The zero-order valence-electron chi connectivity index (χ0n) is 8.10. The molecule has 11 heavy (non-hydrogen) atoms. The van der Waals surface area contributed by atoms with E-state index in [-0.39, 0.29) is 0 Å². The second kappa shape index (κ2) is 4.79. The summed E-state index contributed by atoms with van der Waals surface area (Å²) in [6.07, 6.45) is 10.5. The molecule has 0 nitrogen and oxygen atoms in total. The summed E-state index contributed by atoms with van der Waals surface area (Å²) in [5.41, 5.74) is 0. The van der Waals surface area contributed by atoms with Gasteiger partial charge in [0.15, 0.2) is 0 Å². The minimum Gasteiger partial charge on any atom is -0.0654 e. The fourth-order valence-electron chi connectivity index (χ4n) is 2.17. The molecule has 0 aromatic rings. The maximum atomic E-state index is 2.18. The van der Waals surface area contributed by atoms with Crippen molar-refractivity contribution in [2.45, 2.75) is 58.8 Å². The monoisotopic (exact) mass is 154 g/mol. The highest BCUT2D eigenvalue weighted by molar-refractivity contribution is 4.82. The molecule has 0 spiro atoms. The smallest absolute Gasteiger partial charge is 0.0411 e. The van der Waals surface area contributed by atoms with Gasteiger partial charge >= 0.3 is 0 Å². The van der Waals surface area contributed by atoms with Crippen LogP contribution in [0.3, 0.4) is 0 Å². The van der Waals surface area contributed by atoms with Crippen LogP contribution in [0.2, 0.25) is 0 Å². The molecule has 0 amide bonds. The summed E-state index contributed by atoms with van der Waals surface area (Å²) in [5.74, 6) is 2.34. The summed E-state index contributed by atoms with van der Waals surface area (Å²) in [4.78, 5) is 0. The van der Waals surface area contributed by atoms with E-state index in [0.29, 0.717) is 0 Å². The third kappa shape index (κ3) is 2.84. The standard InChI is InChI=1S/C7H12.C4H10/c1-2-7-4-3-6(1)5-7;1-3-4-2/h6-7H,1-5H2;3-4H2,1-2H3. The third-order valence-corrected chi connectivity index (χ3v) is 3.13. The van der Waals surface area contributed by atoms with Crippen LogP contribution in [0.15, 0.2) is 0 Å². The van der Waals surface area contributed by atoms with Gasteiger partial charge in [-0.3, -0.25) is 0 Å². The van der Waals surface area contributed by atoms with E-state index in [1.54, 1.807) is 32.1 Å². The van der Waals surface area contributed by atoms with E-state index in [9.17, 15) is 0 Å². The molecule has 2 rings (SSSR count). The molecule has 0 unspecified atom stereocenters. The molecule has 0 aliphatic heterocycles. The molecule has 2 fully saturated rings. The number of unbranched alkanes of at least 4 members (excludes halogenated alkanes) is 1. The van der Waals surface area contributed by atoms with Crippen LogP contribution in [-0.2, 0) is 0 Å². The molecule has 2 saturated carbocycles. The van der Waals surface area contributed by atoms with Crippen LogP contribution < -0.4 is 0 Å². The highest BCUT2D eigenvalue weighted by Gasteiger charge is 2.30. The third-order valence-electron chi connectivity index (χ3n) is 3.13. The molecule has 0 radical (unpaired) electrons. The molecule has 0 aromatic heterocycles. The fourth-order valence-corrected chi connectivity index (χ4v) is 2.17. The van der Waals surface area contributed by atoms with Crippen LogP contribution in [0.25, 0.3) is 0 Å². The molecule has 66 valence electrons. The maximum absolute atomic E-state index is 2.18. The average Bonchev–Trinajstić information content (AvgIpc) is 2.67. The summed E-state index contributed by atoms with van der Waals surface area (Å²) >= 11 is 0. The average molecular weight is 154 g/mol. The Morgan fingerprint density at radius 1 is 0.818 bits per heavy atom. The summed E-state index contributed by atoms with van der Waals surface area (Å²) in [6, 6.07) is 0.